The molecule has 2 N–H and O–H groups in total. The highest BCUT2D eigenvalue weighted by Gasteiger charge is 2.08. The molecule has 0 aliphatic carbocycles. The smallest absolute Gasteiger partial charge is 0.170 e. The van der Waals surface area contributed by atoms with Gasteiger partial charge in [-0.3, -0.25) is 9.36 Å². The standard InChI is InChI=1S/C21H23N7OS/c1-14-7-15(2)28(25-14)10-16-5-4-6-17(8-16)20(22)26-29-12-19-13-30-21(24-19)18-9-23-27(3)11-18/h4-9,11,13H,10,12H2,1-3H3,(H2,22,26). The molecule has 0 aliphatic rings. The average Bonchev–Trinajstić information content (AvgIpc) is 3.43. The molecule has 0 atom stereocenters. The first kappa shape index (κ1) is 19.8. The summed E-state index contributed by atoms with van der Waals surface area (Å²) in [6.45, 7) is 4.97. The Hall–Kier alpha value is -3.46. The van der Waals surface area contributed by atoms with Gasteiger partial charge in [-0.15, -0.1) is 11.3 Å². The van der Waals surface area contributed by atoms with Gasteiger partial charge in [0.25, 0.3) is 0 Å². The highest BCUT2D eigenvalue weighted by Crippen LogP contribution is 2.23. The Balaban J connectivity index is 1.39. The minimum atomic E-state index is 0.253. The molecule has 154 valence electrons. The molecule has 30 heavy (non-hydrogen) atoms. The predicted molar refractivity (Wildman–Crippen MR) is 117 cm³/mol. The van der Waals surface area contributed by atoms with Crippen LogP contribution in [-0.4, -0.2) is 30.4 Å². The van der Waals surface area contributed by atoms with Crippen LogP contribution in [0.2, 0.25) is 0 Å². The van der Waals surface area contributed by atoms with Crippen molar-refractivity contribution >= 4 is 17.2 Å². The van der Waals surface area contributed by atoms with Crippen LogP contribution in [0.25, 0.3) is 10.6 Å². The lowest BCUT2D eigenvalue weighted by Gasteiger charge is -2.07. The van der Waals surface area contributed by atoms with Crippen LogP contribution in [0.3, 0.4) is 0 Å². The molecule has 4 rings (SSSR count). The van der Waals surface area contributed by atoms with Crippen molar-refractivity contribution in [1.29, 1.82) is 0 Å². The second kappa shape index (κ2) is 8.50. The maximum Gasteiger partial charge on any atom is 0.170 e. The Morgan fingerprint density at radius 3 is 2.87 bits per heavy atom. The van der Waals surface area contributed by atoms with Gasteiger partial charge in [0, 0.05) is 35.4 Å². The van der Waals surface area contributed by atoms with Crippen LogP contribution in [-0.2, 0) is 25.0 Å². The molecular weight excluding hydrogens is 398 g/mol. The second-order valence-corrected chi connectivity index (χ2v) is 7.94. The van der Waals surface area contributed by atoms with E-state index in [4.69, 9.17) is 10.6 Å². The average molecular weight is 422 g/mol. The number of nitrogens with two attached hydrogens (primary N) is 1. The van der Waals surface area contributed by atoms with Crippen LogP contribution in [0.5, 0.6) is 0 Å². The lowest BCUT2D eigenvalue weighted by atomic mass is 10.1. The van der Waals surface area contributed by atoms with Crippen molar-refractivity contribution in [3.63, 3.8) is 0 Å². The van der Waals surface area contributed by atoms with E-state index < -0.39 is 0 Å². The normalized spacial score (nSPS) is 11.8. The zero-order chi connectivity index (χ0) is 21.1. The SMILES string of the molecule is Cc1cc(C)n(Cc2cccc(/C(N)=N/OCc3csc(-c4cnn(C)c4)n3)c2)n1. The van der Waals surface area contributed by atoms with Crippen molar-refractivity contribution in [3.05, 3.63) is 76.3 Å². The molecule has 0 saturated carbocycles. The van der Waals surface area contributed by atoms with Gasteiger partial charge in [0.1, 0.15) is 5.01 Å². The molecule has 0 aliphatic heterocycles. The van der Waals surface area contributed by atoms with E-state index in [1.807, 2.05) is 61.4 Å². The maximum atomic E-state index is 6.13. The van der Waals surface area contributed by atoms with Gasteiger partial charge in [0.15, 0.2) is 12.4 Å². The molecule has 0 fully saturated rings. The van der Waals surface area contributed by atoms with E-state index in [1.165, 1.54) is 0 Å². The van der Waals surface area contributed by atoms with E-state index in [2.05, 4.69) is 26.4 Å². The molecule has 8 nitrogen and oxygen atoms in total. The van der Waals surface area contributed by atoms with E-state index >= 15 is 0 Å². The number of thiazole rings is 1. The molecule has 0 spiro atoms. The van der Waals surface area contributed by atoms with E-state index in [-0.39, 0.29) is 6.61 Å². The summed E-state index contributed by atoms with van der Waals surface area (Å²) in [6, 6.07) is 9.98. The third-order valence-electron chi connectivity index (χ3n) is 4.54. The minimum Gasteiger partial charge on any atom is -0.388 e. The van der Waals surface area contributed by atoms with Gasteiger partial charge < -0.3 is 10.6 Å². The summed E-state index contributed by atoms with van der Waals surface area (Å²) < 4.78 is 3.72. The van der Waals surface area contributed by atoms with Crippen molar-refractivity contribution < 1.29 is 4.84 Å². The molecule has 0 unspecified atom stereocenters. The number of aromatic nitrogens is 5. The van der Waals surface area contributed by atoms with Crippen molar-refractivity contribution in [2.24, 2.45) is 17.9 Å². The molecule has 0 radical (unpaired) electrons. The summed E-state index contributed by atoms with van der Waals surface area (Å²) in [4.78, 5) is 9.99. The molecule has 9 heteroatoms. The third kappa shape index (κ3) is 4.57. The van der Waals surface area contributed by atoms with Gasteiger partial charge in [-0.1, -0.05) is 23.4 Å². The van der Waals surface area contributed by atoms with Gasteiger partial charge in [-0.2, -0.15) is 10.2 Å². The summed E-state index contributed by atoms with van der Waals surface area (Å²) in [5.41, 5.74) is 11.9. The summed E-state index contributed by atoms with van der Waals surface area (Å²) >= 11 is 1.54. The summed E-state index contributed by atoms with van der Waals surface area (Å²) in [6.07, 6.45) is 3.72. The van der Waals surface area contributed by atoms with Gasteiger partial charge in [0.2, 0.25) is 0 Å². The number of aryl methyl sites for hydroxylation is 3. The van der Waals surface area contributed by atoms with Crippen LogP contribution in [0.15, 0.2) is 53.3 Å². The molecule has 3 aromatic heterocycles. The van der Waals surface area contributed by atoms with Gasteiger partial charge in [0.05, 0.1) is 24.1 Å². The van der Waals surface area contributed by atoms with Crippen LogP contribution in [0.1, 0.15) is 28.2 Å². The lowest BCUT2D eigenvalue weighted by molar-refractivity contribution is 0.128. The van der Waals surface area contributed by atoms with Crippen molar-refractivity contribution in [1.82, 2.24) is 24.5 Å². The Morgan fingerprint density at radius 2 is 2.13 bits per heavy atom. The number of oxime groups is 1. The first-order valence-electron chi connectivity index (χ1n) is 9.47. The summed E-state index contributed by atoms with van der Waals surface area (Å²) in [7, 11) is 1.88. The maximum absolute atomic E-state index is 6.13. The fraction of sp³-hybridized carbons (Fsp3) is 0.238. The summed E-state index contributed by atoms with van der Waals surface area (Å²) in [5, 5.41) is 15.6. The third-order valence-corrected chi connectivity index (χ3v) is 5.48. The zero-order valence-corrected chi connectivity index (χ0v) is 17.9. The first-order chi connectivity index (χ1) is 14.5. The number of rotatable bonds is 7. The predicted octanol–water partition coefficient (Wildman–Crippen LogP) is 3.24. The van der Waals surface area contributed by atoms with Crippen LogP contribution >= 0.6 is 11.3 Å². The zero-order valence-electron chi connectivity index (χ0n) is 17.1. The highest BCUT2D eigenvalue weighted by atomic mass is 32.1. The second-order valence-electron chi connectivity index (χ2n) is 7.08. The van der Waals surface area contributed by atoms with Crippen LogP contribution in [0, 0.1) is 13.8 Å². The van der Waals surface area contributed by atoms with E-state index in [0.29, 0.717) is 12.4 Å². The molecule has 0 bridgehead atoms. The number of hydrogen-bond acceptors (Lipinski definition) is 6. The van der Waals surface area contributed by atoms with Gasteiger partial charge >= 0.3 is 0 Å². The van der Waals surface area contributed by atoms with E-state index in [1.54, 1.807) is 22.2 Å². The summed E-state index contributed by atoms with van der Waals surface area (Å²) in [5.74, 6) is 0.327. The van der Waals surface area contributed by atoms with E-state index in [0.717, 1.165) is 38.8 Å². The van der Waals surface area contributed by atoms with Gasteiger partial charge in [-0.25, -0.2) is 4.98 Å². The topological polar surface area (TPSA) is 96.1 Å². The lowest BCUT2D eigenvalue weighted by Crippen LogP contribution is -2.14. The Bertz CT molecular complexity index is 1190. The largest absolute Gasteiger partial charge is 0.388 e. The molecule has 4 aromatic rings. The quantitative estimate of drug-likeness (QED) is 0.281. The monoisotopic (exact) mass is 421 g/mol. The van der Waals surface area contributed by atoms with Crippen molar-refractivity contribution in [3.8, 4) is 10.6 Å². The number of nitrogens with zero attached hydrogens (tertiary/aromatic N) is 6. The Kier molecular flexibility index (Phi) is 5.62. The highest BCUT2D eigenvalue weighted by molar-refractivity contribution is 7.13. The Labute approximate surface area is 178 Å². The van der Waals surface area contributed by atoms with Crippen molar-refractivity contribution in [2.75, 3.05) is 0 Å². The van der Waals surface area contributed by atoms with Crippen molar-refractivity contribution in [2.45, 2.75) is 27.0 Å². The number of benzene rings is 1. The minimum absolute atomic E-state index is 0.253. The van der Waals surface area contributed by atoms with Gasteiger partial charge in [-0.05, 0) is 31.5 Å². The molecule has 0 amide bonds. The molecule has 1 aromatic carbocycles. The number of amidine groups is 1. The fourth-order valence-corrected chi connectivity index (χ4v) is 3.87. The molecule has 0 saturated heterocycles. The van der Waals surface area contributed by atoms with Crippen LogP contribution < -0.4 is 5.73 Å². The van der Waals surface area contributed by atoms with E-state index in [9.17, 15) is 0 Å². The molecular formula is C21H23N7OS. The Morgan fingerprint density at radius 1 is 1.27 bits per heavy atom. The fourth-order valence-electron chi connectivity index (χ4n) is 3.10. The van der Waals surface area contributed by atoms with Crippen LogP contribution in [0.4, 0.5) is 0 Å². The number of hydrogen-bond donors (Lipinski definition) is 1. The molecule has 3 heterocycles. The first-order valence-corrected chi connectivity index (χ1v) is 10.3.